The first kappa shape index (κ1) is 78.2. The first-order valence-electron chi connectivity index (χ1n) is 38.5. The molecule has 0 amide bonds. The molecule has 590 valence electrons. The molecule has 9 aromatic heterocycles. The predicted molar refractivity (Wildman–Crippen MR) is 426 cm³/mol. The summed E-state index contributed by atoms with van der Waals surface area (Å²) in [4.78, 5) is 59.8. The second kappa shape index (κ2) is 31.3. The molecule has 9 heterocycles. The zero-order valence-electron chi connectivity index (χ0n) is 64.1. The number of halogens is 2. The fraction of sp³-hybridized carbons (Fsp3) is 0.544. The van der Waals surface area contributed by atoms with Crippen molar-refractivity contribution in [3.05, 3.63) is 106 Å². The van der Waals surface area contributed by atoms with Crippen LogP contribution >= 0.6 is 34.0 Å². The Labute approximate surface area is 653 Å². The van der Waals surface area contributed by atoms with Gasteiger partial charge in [-0.05, 0) is 163 Å². The van der Waals surface area contributed by atoms with Crippen LogP contribution in [-0.4, -0.2) is 192 Å². The Morgan fingerprint density at radius 3 is 1.36 bits per heavy atom. The summed E-state index contributed by atoms with van der Waals surface area (Å²) in [5.74, 6) is -0.722. The van der Waals surface area contributed by atoms with Gasteiger partial charge in [0.1, 0.15) is 79.0 Å². The molecule has 1 aromatic carbocycles. The van der Waals surface area contributed by atoms with Crippen molar-refractivity contribution in [3.8, 4) is 31.7 Å². The third-order valence-corrected chi connectivity index (χ3v) is 26.1. The lowest BCUT2D eigenvalue weighted by molar-refractivity contribution is -0.0797. The summed E-state index contributed by atoms with van der Waals surface area (Å²) >= 11 is 4.36. The summed E-state index contributed by atoms with van der Waals surface area (Å²) in [6.07, 6.45) is 6.31. The number of hydrogen-bond acceptors (Lipinski definition) is 30. The fourth-order valence-corrected chi connectivity index (χ4v) is 19.6. The van der Waals surface area contributed by atoms with Gasteiger partial charge in [0.05, 0.1) is 131 Å². The molecule has 0 saturated heterocycles. The Hall–Kier alpha value is -8.12. The van der Waals surface area contributed by atoms with Crippen LogP contribution in [0.5, 0.6) is 0 Å². The number of rotatable bonds is 29. The number of aliphatic hydroxyl groups excluding tert-OH is 4. The van der Waals surface area contributed by atoms with Crippen LogP contribution in [0.25, 0.3) is 62.4 Å². The summed E-state index contributed by atoms with van der Waals surface area (Å²) in [7, 11) is 0. The van der Waals surface area contributed by atoms with E-state index >= 15 is 0 Å². The molecule has 27 nitrogen and oxygen atoms in total. The summed E-state index contributed by atoms with van der Waals surface area (Å²) in [6.45, 7) is 19.7. The van der Waals surface area contributed by atoms with Gasteiger partial charge >= 0.3 is 0 Å². The highest BCUT2D eigenvalue weighted by molar-refractivity contribution is 7.22. The first-order valence-corrected chi connectivity index (χ1v) is 40.9. The number of aliphatic hydroxyl groups is 7. The minimum Gasteiger partial charge on any atom is -0.390 e. The molecule has 5 aliphatic carbocycles. The topological polar surface area (TPSA) is 387 Å². The van der Waals surface area contributed by atoms with Crippen LogP contribution in [0.15, 0.2) is 55.0 Å². The molecule has 111 heavy (non-hydrogen) atoms. The van der Waals surface area contributed by atoms with Crippen molar-refractivity contribution in [1.82, 2.24) is 59.8 Å². The molecule has 0 unspecified atom stereocenters. The zero-order chi connectivity index (χ0) is 78.3. The molecule has 5 aliphatic rings. The van der Waals surface area contributed by atoms with E-state index in [4.69, 9.17) is 64.3 Å². The normalized spacial score (nSPS) is 24.1. The smallest absolute Gasteiger partial charge is 0.225 e. The lowest BCUT2D eigenvalue weighted by Gasteiger charge is -2.29. The van der Waals surface area contributed by atoms with Gasteiger partial charge in [-0.3, -0.25) is 15.0 Å². The Morgan fingerprint density at radius 1 is 0.505 bits per heavy atom. The van der Waals surface area contributed by atoms with Gasteiger partial charge in [-0.2, -0.15) is 15.0 Å². The van der Waals surface area contributed by atoms with Gasteiger partial charge in [-0.15, -0.1) is 34.0 Å². The van der Waals surface area contributed by atoms with Gasteiger partial charge in [0.15, 0.2) is 0 Å². The fourth-order valence-electron chi connectivity index (χ4n) is 16.3. The molecule has 0 bridgehead atoms. The standard InChI is InChI=1S/C79H98F2N18O9S3/c1-12-47-59-53(21-26-82-47)109-71(94-59)58-38(5)89-76(90-40-15-13-16-40)99-70(58)93-52-33-44(79(10,11)106)64(102)67(52)108-30-25-49-61-55(23-28-84-49)111-73(96-61)57-37(4)88-75(86-35(2)39-19-20-39)98-69(57)92-51-32-43(78(8,9)105)63(101)66(51)107-29-24-48-60-54(22-27-83-48)110-72(95-60)56-36(3)87-74(85-34-41-45(80)17-14-18-46(41)81)97-68(56)91-50-31-42(77(6,7)104)62(100)65(50)103/h14,17-18,21-23,26-28,35,39-40,42-44,50-52,62-67,100-106H,12-13,15-16,19-20,24-25,29-34H2,1-11H3,(H2,85,87,91,97)(H2,86,88,92,98)(H2,89,90,93,99)/t35-,42+,43+,44+,50-,51-,52-,62-,63-,64-,65+,66+,67+/m1/s1. The molecular formula is C79H98F2N18O9S3. The lowest BCUT2D eigenvalue weighted by Crippen LogP contribution is -2.42. The van der Waals surface area contributed by atoms with Crippen molar-refractivity contribution >= 4 is 100.0 Å². The third kappa shape index (κ3) is 16.3. The van der Waals surface area contributed by atoms with Gasteiger partial charge in [0, 0.05) is 73.4 Å². The van der Waals surface area contributed by atoms with Crippen molar-refractivity contribution in [3.63, 3.8) is 0 Å². The van der Waals surface area contributed by atoms with Crippen molar-refractivity contribution in [1.29, 1.82) is 0 Å². The van der Waals surface area contributed by atoms with Crippen LogP contribution in [-0.2, 0) is 35.3 Å². The Balaban J connectivity index is 0.691. The van der Waals surface area contributed by atoms with E-state index in [0.717, 1.165) is 92.2 Å². The van der Waals surface area contributed by atoms with E-state index in [-0.39, 0.29) is 62.0 Å². The van der Waals surface area contributed by atoms with Gasteiger partial charge < -0.3 is 77.1 Å². The summed E-state index contributed by atoms with van der Waals surface area (Å²) in [6, 6.07) is 7.81. The van der Waals surface area contributed by atoms with E-state index in [1.54, 1.807) is 72.2 Å². The number of pyridine rings is 3. The number of ether oxygens (including phenoxy) is 2. The number of fused-ring (bicyclic) bond motifs is 3. The zero-order valence-corrected chi connectivity index (χ0v) is 66.5. The summed E-state index contributed by atoms with van der Waals surface area (Å²) < 4.78 is 46.0. The number of nitrogens with one attached hydrogen (secondary N) is 6. The predicted octanol–water partition coefficient (Wildman–Crippen LogP) is 11.0. The van der Waals surface area contributed by atoms with Crippen LogP contribution in [0.3, 0.4) is 0 Å². The molecule has 32 heteroatoms. The second-order valence-corrected chi connectivity index (χ2v) is 35.4. The van der Waals surface area contributed by atoms with Crippen LogP contribution < -0.4 is 31.9 Å². The monoisotopic (exact) mass is 1580 g/mol. The molecular weight excluding hydrogens is 1480 g/mol. The average Bonchev–Trinajstić information content (AvgIpc) is 1.65. The largest absolute Gasteiger partial charge is 0.390 e. The highest BCUT2D eigenvalue weighted by Crippen LogP contribution is 2.47. The van der Waals surface area contributed by atoms with Crippen molar-refractivity contribution in [2.75, 3.05) is 45.1 Å². The second-order valence-electron chi connectivity index (χ2n) is 32.3. The van der Waals surface area contributed by atoms with E-state index in [2.05, 4.69) is 50.7 Å². The highest BCUT2D eigenvalue weighted by Gasteiger charge is 2.52. The summed E-state index contributed by atoms with van der Waals surface area (Å²) in [5.41, 5.74) is 3.76. The molecule has 5 fully saturated rings. The Kier molecular flexibility index (Phi) is 22.1. The number of thiazole rings is 3. The number of aromatic nitrogens is 12. The number of aryl methyl sites for hydroxylation is 4. The summed E-state index contributed by atoms with van der Waals surface area (Å²) in [5, 5.41) is 104. The van der Waals surface area contributed by atoms with E-state index < -0.39 is 101 Å². The van der Waals surface area contributed by atoms with Crippen molar-refractivity contribution in [2.24, 2.45) is 23.7 Å². The van der Waals surface area contributed by atoms with E-state index in [9.17, 15) is 44.5 Å². The van der Waals surface area contributed by atoms with Crippen LogP contribution in [0.1, 0.15) is 146 Å². The minimum atomic E-state index is -1.33. The van der Waals surface area contributed by atoms with Gasteiger partial charge in [0.2, 0.25) is 17.8 Å². The van der Waals surface area contributed by atoms with Crippen LogP contribution in [0, 0.1) is 56.1 Å². The van der Waals surface area contributed by atoms with Gasteiger partial charge in [0.25, 0.3) is 0 Å². The Morgan fingerprint density at radius 2 is 0.919 bits per heavy atom. The number of hydrogen-bond donors (Lipinski definition) is 13. The molecule has 10 aromatic rings. The van der Waals surface area contributed by atoms with E-state index in [0.29, 0.717) is 104 Å². The highest BCUT2D eigenvalue weighted by atomic mass is 32.1. The van der Waals surface area contributed by atoms with E-state index in [1.807, 2.05) is 38.2 Å². The maximum Gasteiger partial charge on any atom is 0.225 e. The number of nitrogens with zero attached hydrogens (tertiary/aromatic N) is 12. The minimum absolute atomic E-state index is 0.0338. The number of anilines is 6. The molecule has 0 spiro atoms. The molecule has 13 N–H and O–H groups in total. The average molecular weight is 1580 g/mol. The maximum absolute atomic E-state index is 14.9. The maximum atomic E-state index is 14.9. The van der Waals surface area contributed by atoms with Crippen molar-refractivity contribution in [2.45, 2.75) is 237 Å². The molecule has 5 saturated carbocycles. The quantitative estimate of drug-likeness (QED) is 0.0207. The van der Waals surface area contributed by atoms with Gasteiger partial charge in [-0.1, -0.05) is 13.0 Å². The Bertz CT molecular complexity index is 5050. The SMILES string of the molecule is CCc1nccc2sc(-c3c(C)nc(NC4CCC4)nc3N[C@@H]3C[C@H](C(C)(C)O)[C@@H](O)[C@H]3OCCc3nccc4sc(-c5c(C)nc(N[C@H](C)C6CC6)nc5N[C@@H]5C[C@H](C(C)(C)O)[C@@H](O)[C@H]5OCCc5nccc6sc(-c7c(C)nc(NCc8c(F)cccc8F)nc7N[C@@H]7C[C@H](C(C)(C)O)[C@@H](O)[C@H]7O)nc56)nc34)nc12. The molecule has 15 rings (SSSR count). The first-order chi connectivity index (χ1) is 52.9. The third-order valence-electron chi connectivity index (χ3n) is 23.0. The van der Waals surface area contributed by atoms with Crippen LogP contribution in [0.4, 0.5) is 44.1 Å². The van der Waals surface area contributed by atoms with Crippen LogP contribution in [0.2, 0.25) is 0 Å². The van der Waals surface area contributed by atoms with E-state index in [1.165, 1.54) is 28.7 Å². The van der Waals surface area contributed by atoms with Gasteiger partial charge in [-0.25, -0.2) is 38.7 Å². The molecule has 0 radical (unpaired) electrons. The molecule has 0 aliphatic heterocycles. The lowest BCUT2D eigenvalue weighted by atomic mass is 9.88. The van der Waals surface area contributed by atoms with Crippen molar-refractivity contribution < 1.29 is 54.0 Å². The molecule has 13 atom stereocenters. The number of benzene rings is 1.